The van der Waals surface area contributed by atoms with Crippen LogP contribution in [0.5, 0.6) is 0 Å². The summed E-state index contributed by atoms with van der Waals surface area (Å²) in [5.41, 5.74) is 1.19. The summed E-state index contributed by atoms with van der Waals surface area (Å²) in [5.74, 6) is 0. The fraction of sp³-hybridized carbons (Fsp3) is 0. The highest BCUT2D eigenvalue weighted by Gasteiger charge is 2.04. The minimum atomic E-state index is 0.628. The van der Waals surface area contributed by atoms with Gasteiger partial charge in [-0.2, -0.15) is 0 Å². The predicted molar refractivity (Wildman–Crippen MR) is 68.5 cm³/mol. The summed E-state index contributed by atoms with van der Waals surface area (Å²) in [6.07, 6.45) is 1.52. The molecule has 3 aromatic rings. The van der Waals surface area contributed by atoms with Gasteiger partial charge in [0.25, 0.3) is 0 Å². The Morgan fingerprint density at radius 2 is 1.88 bits per heavy atom. The van der Waals surface area contributed by atoms with Gasteiger partial charge in [-0.15, -0.1) is 11.3 Å². The molecule has 2 nitrogen and oxygen atoms in total. The van der Waals surface area contributed by atoms with Gasteiger partial charge in [-0.25, -0.2) is 4.98 Å². The monoisotopic (exact) mass is 243 g/mol. The van der Waals surface area contributed by atoms with Crippen molar-refractivity contribution in [3.8, 4) is 10.4 Å². The Balaban J connectivity index is 2.23. The third-order valence-electron chi connectivity index (χ3n) is 2.35. The van der Waals surface area contributed by atoms with Crippen molar-refractivity contribution in [1.82, 2.24) is 9.97 Å². The lowest BCUT2D eigenvalue weighted by molar-refractivity contribution is 1.11. The highest BCUT2D eigenvalue weighted by atomic mass is 32.1. The van der Waals surface area contributed by atoms with E-state index in [-0.39, 0.29) is 0 Å². The van der Waals surface area contributed by atoms with Gasteiger partial charge in [-0.05, 0) is 11.6 Å². The van der Waals surface area contributed by atoms with E-state index >= 15 is 0 Å². The van der Waals surface area contributed by atoms with Crippen LogP contribution < -0.4 is 0 Å². The maximum Gasteiger partial charge on any atom is 0.125 e. The summed E-state index contributed by atoms with van der Waals surface area (Å²) in [4.78, 5) is 10.4. The molecular formula is C12H7N2S2-. The number of fused-ring (bicyclic) bond motifs is 1. The van der Waals surface area contributed by atoms with Crippen LogP contribution in [-0.2, 0) is 12.6 Å². The highest BCUT2D eigenvalue weighted by Crippen LogP contribution is 2.32. The largest absolute Gasteiger partial charge is 0.759 e. The lowest BCUT2D eigenvalue weighted by atomic mass is 10.2. The van der Waals surface area contributed by atoms with E-state index in [0.29, 0.717) is 5.03 Å². The first-order valence-electron chi connectivity index (χ1n) is 4.81. The molecule has 3 rings (SSSR count). The smallest absolute Gasteiger partial charge is 0.125 e. The Kier molecular flexibility index (Phi) is 2.31. The van der Waals surface area contributed by atoms with Gasteiger partial charge < -0.3 is 12.6 Å². The van der Waals surface area contributed by atoms with Gasteiger partial charge in [0, 0.05) is 10.3 Å². The van der Waals surface area contributed by atoms with Crippen LogP contribution in [-0.4, -0.2) is 9.97 Å². The van der Waals surface area contributed by atoms with Crippen LogP contribution in [0.4, 0.5) is 0 Å². The minimum absolute atomic E-state index is 0.628. The standard InChI is InChI=1S/C12H8N2S2/c15-11-9-6-10(8-4-2-1-3-5-8)16-12(9)14-7-13-11/h1-7H,(H,13,14,15)/p-1. The van der Waals surface area contributed by atoms with Gasteiger partial charge in [0.05, 0.1) is 0 Å². The molecule has 0 N–H and O–H groups in total. The van der Waals surface area contributed by atoms with Crippen LogP contribution in [0.1, 0.15) is 0 Å². The zero-order valence-corrected chi connectivity index (χ0v) is 9.89. The van der Waals surface area contributed by atoms with E-state index in [2.05, 4.69) is 28.2 Å². The number of nitrogens with zero attached hydrogens (tertiary/aromatic N) is 2. The van der Waals surface area contributed by atoms with Crippen LogP contribution in [0.15, 0.2) is 47.8 Å². The van der Waals surface area contributed by atoms with Crippen molar-refractivity contribution < 1.29 is 0 Å². The number of benzene rings is 1. The number of aromatic nitrogens is 2. The Morgan fingerprint density at radius 3 is 2.62 bits per heavy atom. The predicted octanol–water partition coefficient (Wildman–Crippen LogP) is 3.26. The molecule has 0 saturated carbocycles. The van der Waals surface area contributed by atoms with Crippen molar-refractivity contribution in [2.45, 2.75) is 5.03 Å². The summed E-state index contributed by atoms with van der Waals surface area (Å²) in [6.45, 7) is 0. The Morgan fingerprint density at radius 1 is 1.06 bits per heavy atom. The van der Waals surface area contributed by atoms with Gasteiger partial charge in [0.2, 0.25) is 0 Å². The fourth-order valence-corrected chi connectivity index (χ4v) is 2.85. The van der Waals surface area contributed by atoms with Crippen molar-refractivity contribution in [2.24, 2.45) is 0 Å². The topological polar surface area (TPSA) is 25.8 Å². The SMILES string of the molecule is [S-]c1ncnc2sc(-c3ccccc3)cc12. The number of thiophene rings is 1. The molecule has 4 heteroatoms. The molecule has 0 unspecified atom stereocenters. The molecular weight excluding hydrogens is 236 g/mol. The van der Waals surface area contributed by atoms with Gasteiger partial charge in [-0.1, -0.05) is 35.4 Å². The molecule has 0 aliphatic rings. The van der Waals surface area contributed by atoms with Crippen molar-refractivity contribution in [3.05, 3.63) is 42.7 Å². The number of hydrogen-bond donors (Lipinski definition) is 0. The molecule has 0 aliphatic carbocycles. The Hall–Kier alpha value is -1.52. The molecule has 0 radical (unpaired) electrons. The Labute approximate surface area is 102 Å². The van der Waals surface area contributed by atoms with Gasteiger partial charge in [0.15, 0.2) is 0 Å². The van der Waals surface area contributed by atoms with Gasteiger partial charge >= 0.3 is 0 Å². The zero-order valence-electron chi connectivity index (χ0n) is 8.25. The number of hydrogen-bond acceptors (Lipinski definition) is 4. The molecule has 2 aromatic heterocycles. The quantitative estimate of drug-likeness (QED) is 0.484. The summed E-state index contributed by atoms with van der Waals surface area (Å²) < 4.78 is 0. The average molecular weight is 243 g/mol. The second-order valence-electron chi connectivity index (χ2n) is 3.37. The van der Waals surface area contributed by atoms with E-state index in [1.807, 2.05) is 18.2 Å². The molecule has 0 atom stereocenters. The zero-order chi connectivity index (χ0) is 11.0. The van der Waals surface area contributed by atoms with Crippen LogP contribution in [0, 0.1) is 0 Å². The minimum Gasteiger partial charge on any atom is -0.759 e. The molecule has 0 amide bonds. The van der Waals surface area contributed by atoms with Crippen LogP contribution >= 0.6 is 11.3 Å². The third kappa shape index (κ3) is 1.56. The second-order valence-corrected chi connectivity index (χ2v) is 4.79. The van der Waals surface area contributed by atoms with E-state index in [0.717, 1.165) is 10.2 Å². The summed E-state index contributed by atoms with van der Waals surface area (Å²) >= 11 is 6.82. The molecule has 0 spiro atoms. The van der Waals surface area contributed by atoms with Crippen molar-refractivity contribution >= 4 is 34.2 Å². The van der Waals surface area contributed by atoms with E-state index in [4.69, 9.17) is 12.6 Å². The van der Waals surface area contributed by atoms with Crippen molar-refractivity contribution in [3.63, 3.8) is 0 Å². The first-order chi connectivity index (χ1) is 7.84. The molecule has 0 aliphatic heterocycles. The number of rotatable bonds is 1. The van der Waals surface area contributed by atoms with Crippen LogP contribution in [0.3, 0.4) is 0 Å². The molecule has 16 heavy (non-hydrogen) atoms. The summed E-state index contributed by atoms with van der Waals surface area (Å²) in [7, 11) is 0. The van der Waals surface area contributed by atoms with E-state index < -0.39 is 0 Å². The first-order valence-corrected chi connectivity index (χ1v) is 6.04. The molecule has 78 valence electrons. The molecule has 2 heterocycles. The molecule has 1 aromatic carbocycles. The van der Waals surface area contributed by atoms with E-state index in [1.54, 1.807) is 11.3 Å². The van der Waals surface area contributed by atoms with Gasteiger partial charge in [-0.3, -0.25) is 4.98 Å². The lowest BCUT2D eigenvalue weighted by Gasteiger charge is -2.02. The molecule has 0 saturated heterocycles. The lowest BCUT2D eigenvalue weighted by Crippen LogP contribution is -1.80. The van der Waals surface area contributed by atoms with Crippen LogP contribution in [0.2, 0.25) is 0 Å². The molecule has 0 fully saturated rings. The Bertz CT molecular complexity index is 632. The van der Waals surface area contributed by atoms with Crippen molar-refractivity contribution in [1.29, 1.82) is 0 Å². The van der Waals surface area contributed by atoms with E-state index in [1.165, 1.54) is 16.8 Å². The maximum absolute atomic E-state index is 5.17. The average Bonchev–Trinajstić information content (AvgIpc) is 2.76. The summed E-state index contributed by atoms with van der Waals surface area (Å²) in [5, 5.41) is 1.60. The van der Waals surface area contributed by atoms with Crippen molar-refractivity contribution in [2.75, 3.05) is 0 Å². The second kappa shape index (κ2) is 3.81. The summed E-state index contributed by atoms with van der Waals surface area (Å²) in [6, 6.07) is 12.3. The first kappa shape index (κ1) is 9.69. The normalized spacial score (nSPS) is 10.8. The van der Waals surface area contributed by atoms with Crippen LogP contribution in [0.25, 0.3) is 20.7 Å². The third-order valence-corrected chi connectivity index (χ3v) is 3.77. The maximum atomic E-state index is 5.17. The van der Waals surface area contributed by atoms with E-state index in [9.17, 15) is 0 Å². The molecule has 0 bridgehead atoms. The fourth-order valence-electron chi connectivity index (χ4n) is 1.58. The van der Waals surface area contributed by atoms with Gasteiger partial charge in [0.1, 0.15) is 11.2 Å². The highest BCUT2D eigenvalue weighted by molar-refractivity contribution is 7.59.